The van der Waals surface area contributed by atoms with Gasteiger partial charge in [0.1, 0.15) is 4.21 Å². The molecule has 0 spiro atoms. The molecule has 2 heterocycles. The minimum Gasteiger partial charge on any atom is -0.378 e. The van der Waals surface area contributed by atoms with Crippen molar-refractivity contribution in [3.8, 4) is 0 Å². The smallest absolute Gasteiger partial charge is 0.254 e. The zero-order valence-corrected chi connectivity index (χ0v) is 15.3. The Labute approximate surface area is 147 Å². The van der Waals surface area contributed by atoms with Crippen molar-refractivity contribution in [2.24, 2.45) is 0 Å². The molecule has 1 aliphatic heterocycles. The van der Waals surface area contributed by atoms with Gasteiger partial charge < -0.3 is 9.64 Å². The predicted octanol–water partition coefficient (Wildman–Crippen LogP) is 2.22. The van der Waals surface area contributed by atoms with E-state index in [0.717, 1.165) is 37.0 Å². The summed E-state index contributed by atoms with van der Waals surface area (Å²) in [5.41, 5.74) is 0.447. The molecule has 1 aliphatic carbocycles. The Balaban J connectivity index is 1.67. The number of nitrogens with one attached hydrogen (secondary N) is 1. The molecule has 1 N–H and O–H groups in total. The van der Waals surface area contributed by atoms with E-state index in [1.54, 1.807) is 10.3 Å². The SMILES string of the molecule is O=C(c1csc(S(=O)(=O)NC2CCCCCC2)c1)N1CCOCC1. The third kappa shape index (κ3) is 4.36. The fourth-order valence-electron chi connectivity index (χ4n) is 3.19. The third-order valence-corrected chi connectivity index (χ3v) is 7.52. The molecule has 134 valence electrons. The number of thiophene rings is 1. The highest BCUT2D eigenvalue weighted by Gasteiger charge is 2.25. The van der Waals surface area contributed by atoms with Crippen LogP contribution >= 0.6 is 11.3 Å². The molecule has 0 aromatic carbocycles. The van der Waals surface area contributed by atoms with Gasteiger partial charge in [-0.05, 0) is 18.9 Å². The van der Waals surface area contributed by atoms with Crippen LogP contribution in [0.25, 0.3) is 0 Å². The average molecular weight is 373 g/mol. The van der Waals surface area contributed by atoms with Gasteiger partial charge in [0.25, 0.3) is 5.91 Å². The van der Waals surface area contributed by atoms with Crippen molar-refractivity contribution in [3.05, 3.63) is 17.0 Å². The van der Waals surface area contributed by atoms with Crippen LogP contribution in [0.5, 0.6) is 0 Å². The van der Waals surface area contributed by atoms with E-state index in [9.17, 15) is 13.2 Å². The van der Waals surface area contributed by atoms with Gasteiger partial charge in [-0.25, -0.2) is 13.1 Å². The second-order valence-electron chi connectivity index (χ2n) is 6.37. The number of carbonyl (C=O) groups is 1. The third-order valence-electron chi connectivity index (χ3n) is 4.56. The Morgan fingerprint density at radius 3 is 2.50 bits per heavy atom. The number of rotatable bonds is 4. The molecule has 8 heteroatoms. The first-order chi connectivity index (χ1) is 11.6. The Morgan fingerprint density at radius 1 is 1.17 bits per heavy atom. The molecule has 0 atom stereocenters. The largest absolute Gasteiger partial charge is 0.378 e. The summed E-state index contributed by atoms with van der Waals surface area (Å²) in [6.45, 7) is 2.17. The molecule has 1 aromatic rings. The lowest BCUT2D eigenvalue weighted by molar-refractivity contribution is 0.0303. The van der Waals surface area contributed by atoms with E-state index < -0.39 is 10.0 Å². The minimum atomic E-state index is -3.55. The van der Waals surface area contributed by atoms with E-state index in [4.69, 9.17) is 4.74 Å². The van der Waals surface area contributed by atoms with Crippen LogP contribution in [0, 0.1) is 0 Å². The van der Waals surface area contributed by atoms with Crippen LogP contribution in [0.3, 0.4) is 0 Å². The minimum absolute atomic E-state index is 0.0120. The molecular weight excluding hydrogens is 348 g/mol. The zero-order chi connectivity index (χ0) is 17.0. The molecule has 0 bridgehead atoms. The number of morpholine rings is 1. The van der Waals surface area contributed by atoms with Crippen LogP contribution < -0.4 is 4.72 Å². The van der Waals surface area contributed by atoms with Gasteiger partial charge in [-0.2, -0.15) is 0 Å². The highest BCUT2D eigenvalue weighted by Crippen LogP contribution is 2.24. The molecule has 1 aromatic heterocycles. The number of hydrogen-bond donors (Lipinski definition) is 1. The molecule has 0 unspecified atom stereocenters. The molecule has 2 aliphatic rings. The van der Waals surface area contributed by atoms with Crippen molar-refractivity contribution in [1.82, 2.24) is 9.62 Å². The van der Waals surface area contributed by atoms with Gasteiger partial charge in [0.15, 0.2) is 0 Å². The second-order valence-corrected chi connectivity index (χ2v) is 9.22. The van der Waals surface area contributed by atoms with E-state index in [1.807, 2.05) is 0 Å². The number of hydrogen-bond acceptors (Lipinski definition) is 5. The molecule has 1 amide bonds. The molecule has 1 saturated heterocycles. The molecular formula is C16H24N2O4S2. The highest BCUT2D eigenvalue weighted by molar-refractivity contribution is 7.91. The summed E-state index contributed by atoms with van der Waals surface area (Å²) in [5, 5.41) is 1.64. The predicted molar refractivity (Wildman–Crippen MR) is 92.9 cm³/mol. The summed E-state index contributed by atoms with van der Waals surface area (Å²) in [7, 11) is -3.55. The van der Waals surface area contributed by atoms with Gasteiger partial charge in [-0.1, -0.05) is 25.7 Å². The maximum atomic E-state index is 12.6. The summed E-state index contributed by atoms with van der Waals surface area (Å²) >= 11 is 1.11. The lowest BCUT2D eigenvalue weighted by Crippen LogP contribution is -2.40. The molecule has 1 saturated carbocycles. The van der Waals surface area contributed by atoms with Crippen molar-refractivity contribution in [2.45, 2.75) is 48.8 Å². The van der Waals surface area contributed by atoms with Gasteiger partial charge in [0.05, 0.1) is 18.8 Å². The van der Waals surface area contributed by atoms with Crippen molar-refractivity contribution >= 4 is 27.3 Å². The highest BCUT2D eigenvalue weighted by atomic mass is 32.2. The maximum Gasteiger partial charge on any atom is 0.254 e. The summed E-state index contributed by atoms with van der Waals surface area (Å²) in [5.74, 6) is -0.120. The van der Waals surface area contributed by atoms with E-state index in [1.165, 1.54) is 18.9 Å². The van der Waals surface area contributed by atoms with Crippen LogP contribution in [0.4, 0.5) is 0 Å². The van der Waals surface area contributed by atoms with E-state index >= 15 is 0 Å². The first kappa shape index (κ1) is 17.8. The monoisotopic (exact) mass is 372 g/mol. The van der Waals surface area contributed by atoms with Gasteiger partial charge >= 0.3 is 0 Å². The molecule has 24 heavy (non-hydrogen) atoms. The van der Waals surface area contributed by atoms with Gasteiger partial charge in [0, 0.05) is 24.5 Å². The number of nitrogens with zero attached hydrogens (tertiary/aromatic N) is 1. The lowest BCUT2D eigenvalue weighted by Gasteiger charge is -2.26. The fraction of sp³-hybridized carbons (Fsp3) is 0.688. The van der Waals surface area contributed by atoms with Crippen LogP contribution in [-0.4, -0.2) is 51.6 Å². The van der Waals surface area contributed by atoms with Gasteiger partial charge in [0.2, 0.25) is 10.0 Å². The van der Waals surface area contributed by atoms with Gasteiger partial charge in [-0.15, -0.1) is 11.3 Å². The number of carbonyl (C=O) groups excluding carboxylic acids is 1. The van der Waals surface area contributed by atoms with Crippen LogP contribution in [0.15, 0.2) is 15.7 Å². The lowest BCUT2D eigenvalue weighted by atomic mass is 10.1. The van der Waals surface area contributed by atoms with Crippen molar-refractivity contribution < 1.29 is 17.9 Å². The Hall–Kier alpha value is -0.960. The summed E-state index contributed by atoms with van der Waals surface area (Å²) in [4.78, 5) is 14.1. The van der Waals surface area contributed by atoms with E-state index in [0.29, 0.717) is 31.9 Å². The topological polar surface area (TPSA) is 75.7 Å². The number of amides is 1. The number of ether oxygens (including phenoxy) is 1. The maximum absolute atomic E-state index is 12.6. The Kier molecular flexibility index (Phi) is 5.91. The number of sulfonamides is 1. The van der Waals surface area contributed by atoms with Crippen LogP contribution in [0.1, 0.15) is 48.9 Å². The quantitative estimate of drug-likeness (QED) is 0.823. The first-order valence-corrected chi connectivity index (χ1v) is 10.9. The summed E-state index contributed by atoms with van der Waals surface area (Å²) in [6.07, 6.45) is 6.27. The van der Waals surface area contributed by atoms with Crippen LogP contribution in [-0.2, 0) is 14.8 Å². The normalized spacial score (nSPS) is 20.8. The van der Waals surface area contributed by atoms with Crippen LogP contribution in [0.2, 0.25) is 0 Å². The first-order valence-electron chi connectivity index (χ1n) is 8.54. The van der Waals surface area contributed by atoms with Gasteiger partial charge in [-0.3, -0.25) is 4.79 Å². The van der Waals surface area contributed by atoms with Crippen molar-refractivity contribution in [3.63, 3.8) is 0 Å². The van der Waals surface area contributed by atoms with Crippen molar-refractivity contribution in [1.29, 1.82) is 0 Å². The Bertz CT molecular complexity index is 657. The summed E-state index contributed by atoms with van der Waals surface area (Å²) in [6, 6.07) is 1.51. The molecule has 6 nitrogen and oxygen atoms in total. The molecule has 0 radical (unpaired) electrons. The van der Waals surface area contributed by atoms with Crippen molar-refractivity contribution in [2.75, 3.05) is 26.3 Å². The standard InChI is InChI=1S/C16H24N2O4S2/c19-16(18-7-9-22-10-8-18)13-11-15(23-12-13)24(20,21)17-14-5-3-1-2-4-6-14/h11-12,14,17H,1-10H2. The zero-order valence-electron chi connectivity index (χ0n) is 13.7. The fourth-order valence-corrected chi connectivity index (χ4v) is 5.67. The van der Waals surface area contributed by atoms with E-state index in [-0.39, 0.29) is 16.2 Å². The average Bonchev–Trinajstić information content (AvgIpc) is 2.96. The molecule has 3 rings (SSSR count). The van der Waals surface area contributed by atoms with E-state index in [2.05, 4.69) is 4.72 Å². The summed E-state index contributed by atoms with van der Waals surface area (Å²) < 4.78 is 33.4. The molecule has 2 fully saturated rings. The Morgan fingerprint density at radius 2 is 1.83 bits per heavy atom. The second kappa shape index (κ2) is 7.95.